The summed E-state index contributed by atoms with van der Waals surface area (Å²) in [6, 6.07) is 9.58. The highest BCUT2D eigenvalue weighted by molar-refractivity contribution is 7.92. The second-order valence-corrected chi connectivity index (χ2v) is 11.6. The predicted octanol–water partition coefficient (Wildman–Crippen LogP) is 5.95. The number of rotatable bonds is 8. The summed E-state index contributed by atoms with van der Waals surface area (Å²) in [5, 5.41) is -0.0235. The van der Waals surface area contributed by atoms with Crippen LogP contribution in [0.4, 0.5) is 20.6 Å². The number of ether oxygens (including phenoxy) is 2. The zero-order chi connectivity index (χ0) is 29.0. The maximum absolute atomic E-state index is 14.1. The molecule has 208 valence electrons. The van der Waals surface area contributed by atoms with Crippen molar-refractivity contribution in [3.8, 4) is 11.1 Å². The van der Waals surface area contributed by atoms with Crippen molar-refractivity contribution in [3.05, 3.63) is 71.3 Å². The second-order valence-electron chi connectivity index (χ2n) is 9.53. The quantitative estimate of drug-likeness (QED) is 0.329. The largest absolute Gasteiger partial charge is 0.465 e. The van der Waals surface area contributed by atoms with Gasteiger partial charge in [-0.1, -0.05) is 23.7 Å². The third-order valence-corrected chi connectivity index (χ3v) is 6.76. The number of carbonyl (C=O) groups excluding carboxylic acids is 2. The number of amides is 1. The third-order valence-electron chi connectivity index (χ3n) is 5.12. The molecule has 0 bridgehead atoms. The molecule has 0 saturated carbocycles. The summed E-state index contributed by atoms with van der Waals surface area (Å²) >= 11 is 6.59. The molecule has 0 aliphatic rings. The topological polar surface area (TPSA) is 115 Å². The van der Waals surface area contributed by atoms with Gasteiger partial charge in [-0.2, -0.15) is 0 Å². The second kappa shape index (κ2) is 12.0. The molecule has 9 nitrogen and oxygen atoms in total. The van der Waals surface area contributed by atoms with Gasteiger partial charge in [-0.25, -0.2) is 17.6 Å². The van der Waals surface area contributed by atoms with Crippen LogP contribution in [-0.4, -0.2) is 44.2 Å². The highest BCUT2D eigenvalue weighted by Crippen LogP contribution is 2.39. The fraction of sp³-hybridized carbons (Fsp3) is 0.296. The molecule has 0 fully saturated rings. The molecule has 1 aromatic heterocycles. The van der Waals surface area contributed by atoms with Gasteiger partial charge in [0.2, 0.25) is 0 Å². The van der Waals surface area contributed by atoms with Crippen LogP contribution < -0.4 is 9.62 Å². The number of carbonyl (C=O) groups is 2. The van der Waals surface area contributed by atoms with E-state index < -0.39 is 40.0 Å². The number of esters is 1. The SMILES string of the molecule is CCOC(=O)CN(C(=O)OC(C)(C)C)c1cc(NS(=O)(=O)c2cncc(C)c2)c(-c2cccc(F)c2)cc1Cl. The number of pyridine rings is 1. The summed E-state index contributed by atoms with van der Waals surface area (Å²) < 4.78 is 53.7. The molecule has 0 saturated heterocycles. The van der Waals surface area contributed by atoms with Crippen LogP contribution in [0.5, 0.6) is 0 Å². The number of hydrogen-bond acceptors (Lipinski definition) is 7. The molecule has 0 aliphatic carbocycles. The van der Waals surface area contributed by atoms with Gasteiger partial charge in [-0.05, 0) is 76.1 Å². The van der Waals surface area contributed by atoms with Crippen molar-refractivity contribution in [1.82, 2.24) is 4.98 Å². The molecule has 1 N–H and O–H groups in total. The predicted molar refractivity (Wildman–Crippen MR) is 147 cm³/mol. The summed E-state index contributed by atoms with van der Waals surface area (Å²) in [4.78, 5) is 30.3. The van der Waals surface area contributed by atoms with Gasteiger partial charge in [-0.15, -0.1) is 0 Å². The highest BCUT2D eigenvalue weighted by Gasteiger charge is 2.29. The van der Waals surface area contributed by atoms with Crippen molar-refractivity contribution < 1.29 is 31.9 Å². The minimum absolute atomic E-state index is 0.0235. The van der Waals surface area contributed by atoms with E-state index in [4.69, 9.17) is 21.1 Å². The van der Waals surface area contributed by atoms with E-state index in [1.54, 1.807) is 40.7 Å². The minimum Gasteiger partial charge on any atom is -0.465 e. The maximum Gasteiger partial charge on any atom is 0.415 e. The first-order chi connectivity index (χ1) is 18.2. The summed E-state index contributed by atoms with van der Waals surface area (Å²) in [5.41, 5.74) is 0.190. The lowest BCUT2D eigenvalue weighted by Crippen LogP contribution is -2.40. The number of hydrogen-bond donors (Lipinski definition) is 1. The third kappa shape index (κ3) is 7.90. The Hall–Kier alpha value is -3.70. The molecule has 39 heavy (non-hydrogen) atoms. The van der Waals surface area contributed by atoms with Crippen LogP contribution in [0.15, 0.2) is 59.8 Å². The lowest BCUT2D eigenvalue weighted by Gasteiger charge is -2.28. The number of sulfonamides is 1. The van der Waals surface area contributed by atoms with E-state index in [-0.39, 0.29) is 33.5 Å². The molecule has 1 amide bonds. The number of anilines is 2. The van der Waals surface area contributed by atoms with E-state index in [1.165, 1.54) is 48.8 Å². The van der Waals surface area contributed by atoms with Crippen LogP contribution in [-0.2, 0) is 24.3 Å². The van der Waals surface area contributed by atoms with E-state index in [1.807, 2.05) is 0 Å². The van der Waals surface area contributed by atoms with Crippen molar-refractivity contribution in [2.24, 2.45) is 0 Å². The zero-order valence-corrected chi connectivity index (χ0v) is 23.7. The number of aromatic nitrogens is 1. The molecule has 0 aliphatic heterocycles. The number of halogens is 2. The number of aryl methyl sites for hydroxylation is 1. The van der Waals surface area contributed by atoms with Gasteiger partial charge in [0.05, 0.1) is 23.0 Å². The Balaban J connectivity index is 2.21. The van der Waals surface area contributed by atoms with Gasteiger partial charge in [0, 0.05) is 18.0 Å². The molecule has 3 aromatic rings. The molecular formula is C27H29ClFN3O6S. The van der Waals surface area contributed by atoms with Crippen molar-refractivity contribution in [2.45, 2.75) is 45.1 Å². The van der Waals surface area contributed by atoms with Crippen molar-refractivity contribution in [3.63, 3.8) is 0 Å². The van der Waals surface area contributed by atoms with Gasteiger partial charge in [0.15, 0.2) is 0 Å². The van der Waals surface area contributed by atoms with Gasteiger partial charge in [-0.3, -0.25) is 19.4 Å². The number of benzene rings is 2. The van der Waals surface area contributed by atoms with E-state index in [9.17, 15) is 22.4 Å². The van der Waals surface area contributed by atoms with Crippen molar-refractivity contribution >= 4 is 45.1 Å². The minimum atomic E-state index is -4.19. The van der Waals surface area contributed by atoms with Crippen LogP contribution in [0.25, 0.3) is 11.1 Å². The fourth-order valence-corrected chi connectivity index (χ4v) is 4.91. The molecule has 0 atom stereocenters. The summed E-state index contributed by atoms with van der Waals surface area (Å²) in [5.74, 6) is -1.29. The molecule has 12 heteroatoms. The molecule has 3 rings (SSSR count). The normalized spacial score (nSPS) is 11.6. The molecule has 0 unspecified atom stereocenters. The lowest BCUT2D eigenvalue weighted by molar-refractivity contribution is -0.141. The van der Waals surface area contributed by atoms with Crippen LogP contribution in [0, 0.1) is 12.7 Å². The van der Waals surface area contributed by atoms with Gasteiger partial charge in [0.25, 0.3) is 10.0 Å². The first-order valence-corrected chi connectivity index (χ1v) is 13.8. The highest BCUT2D eigenvalue weighted by atomic mass is 35.5. The number of nitrogens with zero attached hydrogens (tertiary/aromatic N) is 2. The average Bonchev–Trinajstić information content (AvgIpc) is 2.82. The van der Waals surface area contributed by atoms with Crippen LogP contribution in [0.2, 0.25) is 5.02 Å². The summed E-state index contributed by atoms with van der Waals surface area (Å²) in [6.45, 7) is 7.77. The molecule has 0 radical (unpaired) electrons. The first kappa shape index (κ1) is 29.9. The van der Waals surface area contributed by atoms with E-state index in [0.717, 1.165) is 4.90 Å². The Labute approximate surface area is 232 Å². The summed E-state index contributed by atoms with van der Waals surface area (Å²) in [6.07, 6.45) is 1.78. The monoisotopic (exact) mass is 577 g/mol. The Morgan fingerprint density at radius 2 is 1.85 bits per heavy atom. The maximum atomic E-state index is 14.1. The Morgan fingerprint density at radius 3 is 2.46 bits per heavy atom. The van der Waals surface area contributed by atoms with Gasteiger partial charge >= 0.3 is 12.1 Å². The smallest absolute Gasteiger partial charge is 0.415 e. The van der Waals surface area contributed by atoms with Crippen LogP contribution >= 0.6 is 11.6 Å². The Kier molecular flexibility index (Phi) is 9.18. The standard InChI is InChI=1S/C27H29ClFN3O6S/c1-6-37-25(33)16-32(26(34)38-27(3,4)5)24-13-23(31-39(35,36)20-10-17(2)14-30-15-20)21(12-22(24)28)18-8-7-9-19(29)11-18/h7-15,31H,6,16H2,1-5H3. The molecule has 1 heterocycles. The van der Waals surface area contributed by atoms with E-state index in [2.05, 4.69) is 9.71 Å². The average molecular weight is 578 g/mol. The Morgan fingerprint density at radius 1 is 1.13 bits per heavy atom. The van der Waals surface area contributed by atoms with Crippen LogP contribution in [0.1, 0.15) is 33.3 Å². The van der Waals surface area contributed by atoms with Crippen molar-refractivity contribution in [1.29, 1.82) is 0 Å². The van der Waals surface area contributed by atoms with E-state index in [0.29, 0.717) is 11.1 Å². The molecule has 2 aromatic carbocycles. The van der Waals surface area contributed by atoms with Crippen molar-refractivity contribution in [2.75, 3.05) is 22.8 Å². The van der Waals surface area contributed by atoms with Gasteiger partial charge in [0.1, 0.15) is 22.9 Å². The molecule has 0 spiro atoms. The molecular weight excluding hydrogens is 549 g/mol. The lowest BCUT2D eigenvalue weighted by atomic mass is 10.0. The number of nitrogens with one attached hydrogen (secondary N) is 1. The fourth-order valence-electron chi connectivity index (χ4n) is 3.53. The summed E-state index contributed by atoms with van der Waals surface area (Å²) in [7, 11) is -4.19. The van der Waals surface area contributed by atoms with Crippen LogP contribution in [0.3, 0.4) is 0 Å². The van der Waals surface area contributed by atoms with Gasteiger partial charge < -0.3 is 9.47 Å². The zero-order valence-electron chi connectivity index (χ0n) is 22.1. The Bertz CT molecular complexity index is 1490. The van der Waals surface area contributed by atoms with E-state index >= 15 is 0 Å². The first-order valence-electron chi connectivity index (χ1n) is 11.9.